The number of hydrogen-bond donors (Lipinski definition) is 0. The molecule has 0 spiro atoms. The maximum absolute atomic E-state index is 13.3. The lowest BCUT2D eigenvalue weighted by Gasteiger charge is -2.30. The van der Waals surface area contributed by atoms with Crippen LogP contribution in [0.1, 0.15) is 71.6 Å². The highest BCUT2D eigenvalue weighted by atomic mass is 127. The Morgan fingerprint density at radius 1 is 0.724 bits per heavy atom. The average Bonchev–Trinajstić information content (AvgIpc) is 2.62. The van der Waals surface area contributed by atoms with E-state index >= 15 is 0 Å². The van der Waals surface area contributed by atoms with E-state index in [0.717, 1.165) is 23.7 Å². The van der Waals surface area contributed by atoms with Gasteiger partial charge >= 0.3 is 24.0 Å². The number of carbonyl (C=O) groups is 2. The predicted molar refractivity (Wildman–Crippen MR) is 107 cm³/mol. The van der Waals surface area contributed by atoms with Crippen molar-refractivity contribution in [2.45, 2.75) is 83.7 Å². The first-order valence-corrected chi connectivity index (χ1v) is 11.4. The molecule has 10 heteroatoms. The van der Waals surface area contributed by atoms with Crippen LogP contribution < -0.4 is 0 Å². The normalized spacial score (nSPS) is 12.7. The zero-order valence-corrected chi connectivity index (χ0v) is 19.0. The molecule has 0 amide bonds. The van der Waals surface area contributed by atoms with Crippen LogP contribution in [-0.4, -0.2) is 41.7 Å². The Morgan fingerprint density at radius 3 is 1.62 bits per heavy atom. The van der Waals surface area contributed by atoms with Gasteiger partial charge in [-0.05, 0) is 44.0 Å². The van der Waals surface area contributed by atoms with Gasteiger partial charge in [0, 0.05) is 6.42 Å². The molecule has 0 unspecified atom stereocenters. The number of rotatable bonds is 15. The number of esters is 2. The lowest BCUT2D eigenvalue weighted by molar-refractivity contribution is -0.284. The molecular formula is C19H30F5IO4. The van der Waals surface area contributed by atoms with Gasteiger partial charge in [0.15, 0.2) is 5.41 Å². The third-order valence-corrected chi connectivity index (χ3v) is 5.34. The zero-order valence-electron chi connectivity index (χ0n) is 16.9. The maximum Gasteiger partial charge on any atom is 0.453 e. The van der Waals surface area contributed by atoms with Crippen molar-refractivity contribution in [2.75, 3.05) is 17.6 Å². The lowest BCUT2D eigenvalue weighted by Crippen LogP contribution is -2.43. The topological polar surface area (TPSA) is 52.6 Å². The molecule has 0 radical (unpaired) electrons. The minimum atomic E-state index is -5.68. The molecule has 29 heavy (non-hydrogen) atoms. The summed E-state index contributed by atoms with van der Waals surface area (Å²) in [7, 11) is 0. The molecule has 0 aromatic carbocycles. The number of hydrogen-bond acceptors (Lipinski definition) is 4. The molecule has 172 valence electrons. The van der Waals surface area contributed by atoms with E-state index in [-0.39, 0.29) is 19.6 Å². The first-order chi connectivity index (χ1) is 13.5. The smallest absolute Gasteiger partial charge is 0.453 e. The Kier molecular flexibility index (Phi) is 13.3. The van der Waals surface area contributed by atoms with Gasteiger partial charge in [-0.2, -0.15) is 22.0 Å². The van der Waals surface area contributed by atoms with Gasteiger partial charge in [0.2, 0.25) is 0 Å². The summed E-state index contributed by atoms with van der Waals surface area (Å²) < 4.78 is 74.8. The van der Waals surface area contributed by atoms with Crippen LogP contribution in [0.3, 0.4) is 0 Å². The van der Waals surface area contributed by atoms with Gasteiger partial charge in [-0.1, -0.05) is 48.3 Å². The molecule has 0 saturated heterocycles. The minimum Gasteiger partial charge on any atom is -0.465 e. The molecule has 0 aromatic heterocycles. The summed E-state index contributed by atoms with van der Waals surface area (Å²) in [5.74, 6) is -6.75. The van der Waals surface area contributed by atoms with Crippen LogP contribution in [0.5, 0.6) is 0 Å². The SMILES string of the molecule is CCOC(=O)C(CCCCCCCI)(CCCC(F)(F)C(F)(F)F)C(=O)OCC. The first kappa shape index (κ1) is 28.3. The Labute approximate surface area is 182 Å². The Hall–Kier alpha value is -0.680. The van der Waals surface area contributed by atoms with Gasteiger partial charge in [-0.25, -0.2) is 0 Å². The molecule has 0 fully saturated rings. The summed E-state index contributed by atoms with van der Waals surface area (Å²) in [5.41, 5.74) is -1.86. The maximum atomic E-state index is 13.3. The van der Waals surface area contributed by atoms with Gasteiger partial charge in [0.25, 0.3) is 0 Å². The fourth-order valence-electron chi connectivity index (χ4n) is 2.96. The van der Waals surface area contributed by atoms with E-state index in [1.807, 2.05) is 0 Å². The van der Waals surface area contributed by atoms with Crippen molar-refractivity contribution in [1.29, 1.82) is 0 Å². The number of halogens is 6. The van der Waals surface area contributed by atoms with Gasteiger partial charge < -0.3 is 9.47 Å². The molecule has 0 atom stereocenters. The number of alkyl halides is 6. The quantitative estimate of drug-likeness (QED) is 0.0612. The van der Waals surface area contributed by atoms with Crippen molar-refractivity contribution in [2.24, 2.45) is 5.41 Å². The standard InChI is InChI=1S/C19H30F5IO4/c1-3-28-15(26)17(16(27)29-4-2,11-8-6-5-7-9-14-25)12-10-13-18(20,21)19(22,23)24/h3-14H2,1-2H3. The fraction of sp³-hybridized carbons (Fsp3) is 0.895. The third kappa shape index (κ3) is 9.33. The molecule has 0 aliphatic heterocycles. The van der Waals surface area contributed by atoms with Crippen molar-refractivity contribution in [1.82, 2.24) is 0 Å². The third-order valence-electron chi connectivity index (χ3n) is 4.58. The highest BCUT2D eigenvalue weighted by Gasteiger charge is 2.57. The average molecular weight is 544 g/mol. The highest BCUT2D eigenvalue weighted by molar-refractivity contribution is 14.1. The van der Waals surface area contributed by atoms with Crippen molar-refractivity contribution in [3.63, 3.8) is 0 Å². The largest absolute Gasteiger partial charge is 0.465 e. The van der Waals surface area contributed by atoms with Gasteiger partial charge in [-0.3, -0.25) is 9.59 Å². The number of carbonyl (C=O) groups excluding carboxylic acids is 2. The Balaban J connectivity index is 5.34. The molecule has 0 rings (SSSR count). The Bertz CT molecular complexity index is 479. The van der Waals surface area contributed by atoms with Crippen LogP contribution in [0.2, 0.25) is 0 Å². The van der Waals surface area contributed by atoms with Crippen LogP contribution in [0.15, 0.2) is 0 Å². The lowest BCUT2D eigenvalue weighted by atomic mass is 9.77. The van der Waals surface area contributed by atoms with Gasteiger partial charge in [-0.15, -0.1) is 0 Å². The predicted octanol–water partition coefficient (Wildman–Crippen LogP) is 6.24. The van der Waals surface area contributed by atoms with Gasteiger partial charge in [0.05, 0.1) is 13.2 Å². The molecule has 0 aliphatic carbocycles. The Morgan fingerprint density at radius 2 is 1.17 bits per heavy atom. The van der Waals surface area contributed by atoms with E-state index in [0.29, 0.717) is 12.8 Å². The van der Waals surface area contributed by atoms with Crippen LogP contribution in [0, 0.1) is 5.41 Å². The van der Waals surface area contributed by atoms with Crippen LogP contribution in [-0.2, 0) is 19.1 Å². The first-order valence-electron chi connectivity index (χ1n) is 9.83. The summed E-state index contributed by atoms with van der Waals surface area (Å²) in [4.78, 5) is 25.1. The highest BCUT2D eigenvalue weighted by Crippen LogP contribution is 2.42. The van der Waals surface area contributed by atoms with E-state index in [2.05, 4.69) is 22.6 Å². The minimum absolute atomic E-state index is 0.00745. The summed E-state index contributed by atoms with van der Waals surface area (Å²) in [6, 6.07) is 0. The summed E-state index contributed by atoms with van der Waals surface area (Å²) in [5, 5.41) is 0. The summed E-state index contributed by atoms with van der Waals surface area (Å²) in [6.45, 7) is 2.95. The molecule has 4 nitrogen and oxygen atoms in total. The fourth-order valence-corrected chi connectivity index (χ4v) is 3.50. The van der Waals surface area contributed by atoms with Crippen molar-refractivity contribution >= 4 is 34.5 Å². The van der Waals surface area contributed by atoms with E-state index in [1.54, 1.807) is 0 Å². The summed E-state index contributed by atoms with van der Waals surface area (Å²) in [6.07, 6.45) is -4.31. The number of unbranched alkanes of at least 4 members (excludes halogenated alkanes) is 4. The van der Waals surface area contributed by atoms with E-state index < -0.39 is 48.7 Å². The van der Waals surface area contributed by atoms with Crippen LogP contribution >= 0.6 is 22.6 Å². The van der Waals surface area contributed by atoms with Crippen LogP contribution in [0.4, 0.5) is 22.0 Å². The van der Waals surface area contributed by atoms with Crippen molar-refractivity contribution in [3.8, 4) is 0 Å². The van der Waals surface area contributed by atoms with E-state index in [4.69, 9.17) is 9.47 Å². The number of ether oxygens (including phenoxy) is 2. The molecule has 0 saturated carbocycles. The van der Waals surface area contributed by atoms with Gasteiger partial charge in [0.1, 0.15) is 0 Å². The molecule has 0 heterocycles. The van der Waals surface area contributed by atoms with Crippen molar-refractivity contribution in [3.05, 3.63) is 0 Å². The second-order valence-corrected chi connectivity index (χ2v) is 7.86. The molecular weight excluding hydrogens is 514 g/mol. The second-order valence-electron chi connectivity index (χ2n) is 6.79. The van der Waals surface area contributed by atoms with Crippen molar-refractivity contribution < 1.29 is 41.0 Å². The monoisotopic (exact) mass is 544 g/mol. The second kappa shape index (κ2) is 13.6. The van der Waals surface area contributed by atoms with E-state index in [1.165, 1.54) is 13.8 Å². The zero-order chi connectivity index (χ0) is 22.6. The molecule has 0 bridgehead atoms. The van der Waals surface area contributed by atoms with Crippen LogP contribution in [0.25, 0.3) is 0 Å². The molecule has 0 N–H and O–H groups in total. The summed E-state index contributed by atoms with van der Waals surface area (Å²) >= 11 is 2.26. The molecule has 0 aromatic rings. The van der Waals surface area contributed by atoms with E-state index in [9.17, 15) is 31.5 Å². The molecule has 0 aliphatic rings.